The van der Waals surface area contributed by atoms with Gasteiger partial charge in [0.2, 0.25) is 0 Å². The molecule has 0 aliphatic carbocycles. The molecule has 1 aromatic carbocycles. The summed E-state index contributed by atoms with van der Waals surface area (Å²) < 4.78 is 13.1. The first-order valence-corrected chi connectivity index (χ1v) is 6.78. The summed E-state index contributed by atoms with van der Waals surface area (Å²) >= 11 is 3.39. The third kappa shape index (κ3) is 2.85. The molecule has 20 heavy (non-hydrogen) atoms. The fraction of sp³-hybridized carbons (Fsp3) is 0.286. The van der Waals surface area contributed by atoms with Crippen LogP contribution in [0.1, 0.15) is 19.5 Å². The summed E-state index contributed by atoms with van der Waals surface area (Å²) in [4.78, 5) is 22.3. The molecule has 0 aliphatic heterocycles. The molecule has 0 aliphatic rings. The molecule has 0 atom stereocenters. The summed E-state index contributed by atoms with van der Waals surface area (Å²) in [6.07, 6.45) is 0. The highest BCUT2D eigenvalue weighted by molar-refractivity contribution is 9.10. The minimum absolute atomic E-state index is 0.0563. The number of esters is 2. The van der Waals surface area contributed by atoms with Crippen molar-refractivity contribution >= 4 is 38.8 Å². The fourth-order valence-electron chi connectivity index (χ4n) is 2.03. The zero-order chi connectivity index (χ0) is 14.9. The molecule has 1 aromatic heterocycles. The van der Waals surface area contributed by atoms with Crippen LogP contribution in [-0.2, 0) is 28.0 Å². The number of ether oxygens (including phenoxy) is 2. The van der Waals surface area contributed by atoms with Gasteiger partial charge in [-0.3, -0.25) is 9.59 Å². The largest absolute Gasteiger partial charge is 0.459 e. The zero-order valence-electron chi connectivity index (χ0n) is 11.4. The summed E-state index contributed by atoms with van der Waals surface area (Å²) in [6.45, 7) is 2.73. The smallest absolute Gasteiger partial charge is 0.308 e. The van der Waals surface area contributed by atoms with Crippen molar-refractivity contribution in [3.05, 3.63) is 28.4 Å². The van der Waals surface area contributed by atoms with Crippen LogP contribution in [0.4, 0.5) is 0 Å². The molecule has 0 amide bonds. The highest BCUT2D eigenvalue weighted by Crippen LogP contribution is 2.35. The first-order valence-electron chi connectivity index (χ1n) is 5.98. The maximum atomic E-state index is 11.3. The van der Waals surface area contributed by atoms with E-state index in [1.54, 1.807) is 0 Å². The molecular formula is C14H14BrNO4. The van der Waals surface area contributed by atoms with Crippen LogP contribution in [0.25, 0.3) is 10.9 Å². The molecule has 5 nitrogen and oxygen atoms in total. The number of hydrogen-bond acceptors (Lipinski definition) is 4. The second kappa shape index (κ2) is 5.66. The molecule has 0 spiro atoms. The van der Waals surface area contributed by atoms with Crippen LogP contribution >= 0.6 is 15.9 Å². The number of fused-ring (bicyclic) bond motifs is 1. The third-order valence-corrected chi connectivity index (χ3v) is 3.38. The van der Waals surface area contributed by atoms with Crippen molar-refractivity contribution in [2.75, 3.05) is 0 Å². The Labute approximate surface area is 124 Å². The van der Waals surface area contributed by atoms with Crippen LogP contribution in [0, 0.1) is 0 Å². The van der Waals surface area contributed by atoms with Crippen LogP contribution in [0.5, 0.6) is 5.75 Å². The van der Waals surface area contributed by atoms with Crippen molar-refractivity contribution in [2.45, 2.75) is 20.5 Å². The van der Waals surface area contributed by atoms with E-state index in [0.29, 0.717) is 11.4 Å². The van der Waals surface area contributed by atoms with E-state index in [4.69, 9.17) is 9.47 Å². The number of aryl methyl sites for hydroxylation is 1. The maximum Gasteiger partial charge on any atom is 0.308 e. The molecule has 2 rings (SSSR count). The van der Waals surface area contributed by atoms with E-state index in [9.17, 15) is 9.59 Å². The summed E-state index contributed by atoms with van der Waals surface area (Å²) in [5, 5.41) is 0.791. The number of halogens is 1. The van der Waals surface area contributed by atoms with Gasteiger partial charge < -0.3 is 14.0 Å². The van der Waals surface area contributed by atoms with E-state index in [1.807, 2.05) is 29.8 Å². The average molecular weight is 340 g/mol. The van der Waals surface area contributed by atoms with Crippen LogP contribution in [0.15, 0.2) is 22.7 Å². The molecule has 0 unspecified atom stereocenters. The monoisotopic (exact) mass is 339 g/mol. The molecule has 1 heterocycles. The molecule has 106 valence electrons. The maximum absolute atomic E-state index is 11.3. The van der Waals surface area contributed by atoms with Gasteiger partial charge in [0.15, 0.2) is 5.75 Å². The van der Waals surface area contributed by atoms with Crippen molar-refractivity contribution in [3.63, 3.8) is 0 Å². The molecular weight excluding hydrogens is 326 g/mol. The average Bonchev–Trinajstić information content (AvgIpc) is 2.59. The van der Waals surface area contributed by atoms with Gasteiger partial charge >= 0.3 is 11.9 Å². The Morgan fingerprint density at radius 3 is 2.55 bits per heavy atom. The zero-order valence-corrected chi connectivity index (χ0v) is 13.0. The van der Waals surface area contributed by atoms with E-state index in [1.165, 1.54) is 13.8 Å². The molecule has 0 bridgehead atoms. The van der Waals surface area contributed by atoms with Gasteiger partial charge in [-0.1, -0.05) is 15.9 Å². The Kier molecular flexibility index (Phi) is 4.13. The van der Waals surface area contributed by atoms with Gasteiger partial charge in [0.1, 0.15) is 6.61 Å². The van der Waals surface area contributed by atoms with Crippen LogP contribution in [0.3, 0.4) is 0 Å². The van der Waals surface area contributed by atoms with Gasteiger partial charge in [-0.2, -0.15) is 0 Å². The van der Waals surface area contributed by atoms with Gasteiger partial charge in [-0.15, -0.1) is 0 Å². The van der Waals surface area contributed by atoms with Gasteiger partial charge in [0.25, 0.3) is 0 Å². The highest BCUT2D eigenvalue weighted by Gasteiger charge is 2.19. The lowest BCUT2D eigenvalue weighted by Gasteiger charge is -2.07. The standard InChI is InChI=1S/C14H14BrNO4/c1-8(17)19-7-13-14(20-9(2)18)11-6-10(15)4-5-12(11)16(13)3/h4-6H,7H2,1-3H3. The second-order valence-electron chi connectivity index (χ2n) is 4.37. The molecule has 0 fully saturated rings. The third-order valence-electron chi connectivity index (χ3n) is 2.89. The Hall–Kier alpha value is -1.82. The Balaban J connectivity index is 2.60. The van der Waals surface area contributed by atoms with Crippen molar-refractivity contribution in [1.82, 2.24) is 4.57 Å². The van der Waals surface area contributed by atoms with Gasteiger partial charge in [0, 0.05) is 30.8 Å². The fourth-order valence-corrected chi connectivity index (χ4v) is 2.39. The minimum atomic E-state index is -0.415. The van der Waals surface area contributed by atoms with Crippen molar-refractivity contribution in [2.24, 2.45) is 7.05 Å². The van der Waals surface area contributed by atoms with E-state index >= 15 is 0 Å². The Morgan fingerprint density at radius 2 is 1.95 bits per heavy atom. The Bertz CT molecular complexity index is 690. The number of benzene rings is 1. The normalized spacial score (nSPS) is 10.6. The first kappa shape index (κ1) is 14.6. The number of rotatable bonds is 3. The van der Waals surface area contributed by atoms with E-state index < -0.39 is 5.97 Å². The van der Waals surface area contributed by atoms with Crippen LogP contribution in [-0.4, -0.2) is 16.5 Å². The Morgan fingerprint density at radius 1 is 1.25 bits per heavy atom. The summed E-state index contributed by atoms with van der Waals surface area (Å²) in [5.74, 6) is -0.371. The molecule has 0 saturated heterocycles. The van der Waals surface area contributed by atoms with Crippen molar-refractivity contribution < 1.29 is 19.1 Å². The second-order valence-corrected chi connectivity index (χ2v) is 5.29. The van der Waals surface area contributed by atoms with Crippen molar-refractivity contribution in [1.29, 1.82) is 0 Å². The van der Waals surface area contributed by atoms with Crippen molar-refractivity contribution in [3.8, 4) is 5.75 Å². The summed E-state index contributed by atoms with van der Waals surface area (Å²) in [6, 6.07) is 5.67. The number of carbonyl (C=O) groups excluding carboxylic acids is 2. The predicted octanol–water partition coefficient (Wildman–Crippen LogP) is 2.93. The molecule has 6 heteroatoms. The van der Waals surface area contributed by atoms with Gasteiger partial charge in [-0.25, -0.2) is 0 Å². The predicted molar refractivity (Wildman–Crippen MR) is 77.4 cm³/mol. The topological polar surface area (TPSA) is 57.5 Å². The van der Waals surface area contributed by atoms with Gasteiger partial charge in [-0.05, 0) is 18.2 Å². The summed E-state index contributed by atoms with van der Waals surface area (Å²) in [5.41, 5.74) is 1.54. The van der Waals surface area contributed by atoms with Gasteiger partial charge in [0.05, 0.1) is 11.2 Å². The first-order chi connectivity index (χ1) is 9.40. The van der Waals surface area contributed by atoms with Crippen LogP contribution < -0.4 is 4.74 Å². The SMILES string of the molecule is CC(=O)OCc1c(OC(C)=O)c2cc(Br)ccc2n1C. The number of carbonyl (C=O) groups is 2. The number of nitrogens with zero attached hydrogens (tertiary/aromatic N) is 1. The highest BCUT2D eigenvalue weighted by atomic mass is 79.9. The minimum Gasteiger partial charge on any atom is -0.459 e. The number of hydrogen-bond donors (Lipinski definition) is 0. The molecule has 2 aromatic rings. The quantitative estimate of drug-likeness (QED) is 0.806. The molecule has 0 N–H and O–H groups in total. The molecule has 0 saturated carbocycles. The number of aromatic nitrogens is 1. The lowest BCUT2D eigenvalue weighted by molar-refractivity contribution is -0.142. The van der Waals surface area contributed by atoms with E-state index in [-0.39, 0.29) is 12.6 Å². The molecule has 0 radical (unpaired) electrons. The lowest BCUT2D eigenvalue weighted by atomic mass is 10.2. The van der Waals surface area contributed by atoms with E-state index in [0.717, 1.165) is 15.4 Å². The van der Waals surface area contributed by atoms with Crippen LogP contribution in [0.2, 0.25) is 0 Å². The van der Waals surface area contributed by atoms with E-state index in [2.05, 4.69) is 15.9 Å². The summed E-state index contributed by atoms with van der Waals surface area (Å²) in [7, 11) is 1.84. The lowest BCUT2D eigenvalue weighted by Crippen LogP contribution is -2.08.